The number of allylic oxidation sites excluding steroid dienone is 1. The van der Waals surface area contributed by atoms with E-state index in [-0.39, 0.29) is 12.0 Å². The second-order valence-electron chi connectivity index (χ2n) is 5.98. The van der Waals surface area contributed by atoms with Crippen LogP contribution in [0.15, 0.2) is 69.7 Å². The number of anilines is 1. The Balaban J connectivity index is 1.93. The van der Waals surface area contributed by atoms with E-state index in [0.29, 0.717) is 22.9 Å². The first kappa shape index (κ1) is 17.2. The van der Waals surface area contributed by atoms with Gasteiger partial charge in [0, 0.05) is 9.92 Å². The zero-order valence-electron chi connectivity index (χ0n) is 14.4. The van der Waals surface area contributed by atoms with Gasteiger partial charge in [0.2, 0.25) is 0 Å². The topological polar surface area (TPSA) is 41.9 Å². The van der Waals surface area contributed by atoms with Crippen LogP contribution in [0.5, 0.6) is 0 Å². The summed E-state index contributed by atoms with van der Waals surface area (Å²) in [5.41, 5.74) is 3.08. The predicted molar refractivity (Wildman–Crippen MR) is 106 cm³/mol. The molecule has 0 saturated carbocycles. The molecule has 2 aliphatic rings. The molecule has 0 saturated heterocycles. The van der Waals surface area contributed by atoms with E-state index in [4.69, 9.17) is 21.3 Å². The molecule has 0 bridgehead atoms. The van der Waals surface area contributed by atoms with Crippen molar-refractivity contribution in [2.45, 2.75) is 24.8 Å². The van der Waals surface area contributed by atoms with Gasteiger partial charge in [-0.2, -0.15) is 0 Å². The number of carbonyl (C=O) groups is 1. The Hall–Kier alpha value is -2.24. The van der Waals surface area contributed by atoms with Crippen LogP contribution in [0.4, 0.5) is 5.69 Å². The van der Waals surface area contributed by atoms with E-state index in [1.54, 1.807) is 18.7 Å². The molecule has 0 spiro atoms. The molecule has 0 fully saturated rings. The molecule has 26 heavy (non-hydrogen) atoms. The van der Waals surface area contributed by atoms with Crippen LogP contribution < -0.4 is 4.90 Å². The Morgan fingerprint density at radius 1 is 1.23 bits per heavy atom. The summed E-state index contributed by atoms with van der Waals surface area (Å²) in [4.78, 5) is 20.7. The number of benzene rings is 2. The summed E-state index contributed by atoms with van der Waals surface area (Å²) in [5.74, 6) is -0.355. The lowest BCUT2D eigenvalue weighted by Gasteiger charge is -2.35. The summed E-state index contributed by atoms with van der Waals surface area (Å²) in [6.45, 7) is 3.97. The minimum absolute atomic E-state index is 0.312. The highest BCUT2D eigenvalue weighted by Gasteiger charge is 2.42. The maximum absolute atomic E-state index is 12.8. The fourth-order valence-electron chi connectivity index (χ4n) is 3.31. The van der Waals surface area contributed by atoms with Crippen molar-refractivity contribution in [3.63, 3.8) is 0 Å². The number of ether oxygens (including phenoxy) is 1. The van der Waals surface area contributed by atoms with Crippen molar-refractivity contribution in [2.24, 2.45) is 4.99 Å². The van der Waals surface area contributed by atoms with Crippen molar-refractivity contribution in [1.29, 1.82) is 0 Å². The quantitative estimate of drug-likeness (QED) is 0.682. The second-order valence-corrected chi connectivity index (χ2v) is 7.39. The van der Waals surface area contributed by atoms with Crippen LogP contribution in [0, 0.1) is 0 Å². The Labute approximate surface area is 161 Å². The highest BCUT2D eigenvalue weighted by atomic mass is 35.5. The third-order valence-electron chi connectivity index (χ3n) is 4.41. The molecular formula is C20H17ClN2O2S. The lowest BCUT2D eigenvalue weighted by Crippen LogP contribution is -2.37. The van der Waals surface area contributed by atoms with Crippen molar-refractivity contribution in [2.75, 3.05) is 11.5 Å². The van der Waals surface area contributed by atoms with Gasteiger partial charge in [-0.05, 0) is 49.4 Å². The minimum Gasteiger partial charge on any atom is -0.463 e. The van der Waals surface area contributed by atoms with E-state index in [2.05, 4.69) is 11.0 Å². The molecule has 0 unspecified atom stereocenters. The van der Waals surface area contributed by atoms with E-state index in [1.165, 1.54) is 0 Å². The van der Waals surface area contributed by atoms with Gasteiger partial charge in [0.25, 0.3) is 0 Å². The fourth-order valence-corrected chi connectivity index (χ4v) is 4.65. The summed E-state index contributed by atoms with van der Waals surface area (Å²) in [5, 5.41) is 1.46. The van der Waals surface area contributed by atoms with Crippen molar-refractivity contribution in [3.8, 4) is 0 Å². The Morgan fingerprint density at radius 2 is 1.96 bits per heavy atom. The molecule has 0 aliphatic carbocycles. The summed E-state index contributed by atoms with van der Waals surface area (Å²) in [6.07, 6.45) is 0. The molecule has 6 heteroatoms. The monoisotopic (exact) mass is 384 g/mol. The molecule has 0 aromatic heterocycles. The smallest absolute Gasteiger partial charge is 0.338 e. The van der Waals surface area contributed by atoms with Gasteiger partial charge in [-0.15, -0.1) is 0 Å². The van der Waals surface area contributed by atoms with Crippen molar-refractivity contribution >= 4 is 40.2 Å². The van der Waals surface area contributed by atoms with Gasteiger partial charge in [0.05, 0.1) is 29.6 Å². The number of amidine groups is 1. The average Bonchev–Trinajstić information content (AvgIpc) is 2.99. The maximum Gasteiger partial charge on any atom is 0.338 e. The standard InChI is InChI=1S/C20H17ClN2O2S/c1-3-25-19(24)17-12(2)22-20-23(15-10-6-7-11-16(15)26-20)18(17)13-8-4-5-9-14(13)21/h4-11,18H,3H2,1-2H3/t18-/m0/s1. The van der Waals surface area contributed by atoms with Crippen molar-refractivity contribution in [1.82, 2.24) is 0 Å². The number of thioether (sulfide) groups is 1. The molecule has 2 aromatic carbocycles. The molecule has 132 valence electrons. The van der Waals surface area contributed by atoms with E-state index in [1.807, 2.05) is 49.4 Å². The number of hydrogen-bond donors (Lipinski definition) is 0. The average molecular weight is 385 g/mol. The Morgan fingerprint density at radius 3 is 2.73 bits per heavy atom. The molecule has 2 heterocycles. The minimum atomic E-state index is -0.369. The van der Waals surface area contributed by atoms with Gasteiger partial charge >= 0.3 is 5.97 Å². The molecule has 1 atom stereocenters. The predicted octanol–water partition coefficient (Wildman–Crippen LogP) is 5.20. The number of fused-ring (bicyclic) bond motifs is 3. The molecule has 4 rings (SSSR count). The third-order valence-corrected chi connectivity index (χ3v) is 5.79. The summed E-state index contributed by atoms with van der Waals surface area (Å²) < 4.78 is 5.34. The zero-order chi connectivity index (χ0) is 18.3. The number of aliphatic imine (C=N–C) groups is 1. The number of para-hydroxylation sites is 1. The number of esters is 1. The number of halogens is 1. The Bertz CT molecular complexity index is 954. The fraction of sp³-hybridized carbons (Fsp3) is 0.200. The van der Waals surface area contributed by atoms with Crippen LogP contribution in [0.25, 0.3) is 0 Å². The molecule has 0 amide bonds. The van der Waals surface area contributed by atoms with Crippen molar-refractivity contribution < 1.29 is 9.53 Å². The van der Waals surface area contributed by atoms with E-state index in [0.717, 1.165) is 21.3 Å². The number of carbonyl (C=O) groups excluding carboxylic acids is 1. The lowest BCUT2D eigenvalue weighted by molar-refractivity contribution is -0.138. The molecule has 4 nitrogen and oxygen atoms in total. The number of rotatable bonds is 3. The van der Waals surface area contributed by atoms with Crippen LogP contribution in [-0.2, 0) is 9.53 Å². The third kappa shape index (κ3) is 2.72. The SMILES string of the molecule is CCOC(=O)C1=C(C)N=C2Sc3ccccc3N2[C@H]1c1ccccc1Cl. The van der Waals surface area contributed by atoms with Crippen LogP contribution >= 0.6 is 23.4 Å². The summed E-state index contributed by atoms with van der Waals surface area (Å²) >= 11 is 8.12. The molecular weight excluding hydrogens is 368 g/mol. The summed E-state index contributed by atoms with van der Waals surface area (Å²) in [7, 11) is 0. The van der Waals surface area contributed by atoms with E-state index >= 15 is 0 Å². The van der Waals surface area contributed by atoms with Crippen LogP contribution in [0.2, 0.25) is 5.02 Å². The normalized spacial score (nSPS) is 18.3. The molecule has 2 aromatic rings. The molecule has 0 radical (unpaired) electrons. The van der Waals surface area contributed by atoms with Gasteiger partial charge in [-0.1, -0.05) is 41.9 Å². The lowest BCUT2D eigenvalue weighted by atomic mass is 9.94. The second kappa shape index (κ2) is 6.82. The van der Waals surface area contributed by atoms with Gasteiger partial charge in [0.15, 0.2) is 5.17 Å². The van der Waals surface area contributed by atoms with Gasteiger partial charge < -0.3 is 9.64 Å². The van der Waals surface area contributed by atoms with Gasteiger partial charge in [0.1, 0.15) is 0 Å². The first-order valence-corrected chi connectivity index (χ1v) is 9.58. The van der Waals surface area contributed by atoms with Gasteiger partial charge in [-0.3, -0.25) is 0 Å². The van der Waals surface area contributed by atoms with Crippen LogP contribution in [0.1, 0.15) is 25.5 Å². The molecule has 2 aliphatic heterocycles. The van der Waals surface area contributed by atoms with Gasteiger partial charge in [-0.25, -0.2) is 9.79 Å². The number of hydrogen-bond acceptors (Lipinski definition) is 5. The first-order valence-electron chi connectivity index (χ1n) is 8.39. The summed E-state index contributed by atoms with van der Waals surface area (Å²) in [6, 6.07) is 15.3. The van der Waals surface area contributed by atoms with Crippen LogP contribution in [-0.4, -0.2) is 17.7 Å². The highest BCUT2D eigenvalue weighted by molar-refractivity contribution is 8.14. The largest absolute Gasteiger partial charge is 0.463 e. The maximum atomic E-state index is 12.8. The Kier molecular flexibility index (Phi) is 4.51. The van der Waals surface area contributed by atoms with Crippen LogP contribution in [0.3, 0.4) is 0 Å². The molecule has 0 N–H and O–H groups in total. The zero-order valence-corrected chi connectivity index (χ0v) is 16.0. The van der Waals surface area contributed by atoms with E-state index in [9.17, 15) is 4.79 Å². The van der Waals surface area contributed by atoms with E-state index < -0.39 is 0 Å². The number of nitrogens with zero attached hydrogens (tertiary/aromatic N) is 2. The highest BCUT2D eigenvalue weighted by Crippen LogP contribution is 2.50. The first-order chi connectivity index (χ1) is 12.6. The van der Waals surface area contributed by atoms with Crippen molar-refractivity contribution in [3.05, 3.63) is 70.4 Å².